The molecule has 13 nitrogen and oxygen atoms in total. The van der Waals surface area contributed by atoms with Gasteiger partial charge < -0.3 is 44.6 Å². The largest absolute Gasteiger partial charge is 0.506 e. The molecule has 2 bridgehead atoms. The highest BCUT2D eigenvalue weighted by molar-refractivity contribution is 5.91. The molecule has 5 heterocycles. The molecule has 56 heavy (non-hydrogen) atoms. The topological polar surface area (TPSA) is 172 Å². The van der Waals surface area contributed by atoms with Crippen molar-refractivity contribution >= 4 is 22.9 Å². The normalized spacial score (nSPS) is 18.7. The first-order valence-electron chi connectivity index (χ1n) is 19.3. The third kappa shape index (κ3) is 8.60. The highest BCUT2D eigenvalue weighted by Crippen LogP contribution is 2.39. The molecule has 294 valence electrons. The lowest BCUT2D eigenvalue weighted by Crippen LogP contribution is -2.59. The molecule has 0 aliphatic carbocycles. The number of piperidine rings is 3. The van der Waals surface area contributed by atoms with E-state index in [0.717, 1.165) is 43.6 Å². The summed E-state index contributed by atoms with van der Waals surface area (Å²) in [4.78, 5) is 46.4. The lowest BCUT2D eigenvalue weighted by Gasteiger charge is -2.50. The number of aliphatic hydroxyl groups is 1. The first-order valence-corrected chi connectivity index (χ1v) is 19.3. The van der Waals surface area contributed by atoms with Crippen LogP contribution in [0.1, 0.15) is 71.3 Å². The highest BCUT2D eigenvalue weighted by Gasteiger charge is 2.43. The van der Waals surface area contributed by atoms with Gasteiger partial charge in [-0.3, -0.25) is 14.5 Å². The second-order valence-corrected chi connectivity index (χ2v) is 14.6. The van der Waals surface area contributed by atoms with Gasteiger partial charge in [0.15, 0.2) is 5.76 Å². The summed E-state index contributed by atoms with van der Waals surface area (Å²) in [6, 6.07) is 26.1. The summed E-state index contributed by atoms with van der Waals surface area (Å²) in [5, 5.41) is 35.4. The van der Waals surface area contributed by atoms with Crippen LogP contribution in [0.4, 0.5) is 4.79 Å². The summed E-state index contributed by atoms with van der Waals surface area (Å²) < 4.78 is 12.1. The average molecular weight is 764 g/mol. The van der Waals surface area contributed by atoms with Crippen molar-refractivity contribution in [3.05, 3.63) is 130 Å². The number of aromatic nitrogens is 1. The molecule has 2 unspecified atom stereocenters. The van der Waals surface area contributed by atoms with E-state index in [2.05, 4.69) is 15.2 Å². The second-order valence-electron chi connectivity index (χ2n) is 14.6. The first kappa shape index (κ1) is 38.6. The van der Waals surface area contributed by atoms with E-state index >= 15 is 0 Å². The molecular weight excluding hydrogens is 715 g/mol. The lowest BCUT2D eigenvalue weighted by molar-refractivity contribution is -0.000815. The van der Waals surface area contributed by atoms with Crippen molar-refractivity contribution in [3.8, 4) is 11.5 Å². The number of carbonyl (C=O) groups is 2. The standard InChI is InChI=1S/C43H49N5O8/c1-2-47(21-7-20-44-25-37(50)33-13-15-36(49)40-34(33)14-17-39(51)45-40)42(52)38-16-12-32(56-38)27-55-31-11-6-10-30(24-31)41(29-8-4-3-5-9-29)48(43(53)54)35-26-46-22-18-28(35)19-23-46/h3-6,8-17,24,28,35,37,41,44,49-50H,2,7,18-23,25-27H2,1H3,(H,45,51)(H,53,54)/t35?,37?,41-/m0/s1. The number of hydrogen-bond acceptors (Lipinski definition) is 9. The maximum atomic E-state index is 13.4. The van der Waals surface area contributed by atoms with Gasteiger partial charge in [0.25, 0.3) is 5.91 Å². The smallest absolute Gasteiger partial charge is 0.408 e. The van der Waals surface area contributed by atoms with Crippen LogP contribution in [-0.2, 0) is 6.61 Å². The van der Waals surface area contributed by atoms with Crippen LogP contribution < -0.4 is 15.6 Å². The number of nitrogens with one attached hydrogen (secondary N) is 2. The number of benzene rings is 3. The first-order chi connectivity index (χ1) is 27.2. The van der Waals surface area contributed by atoms with Crippen LogP contribution in [0, 0.1) is 5.92 Å². The fraction of sp³-hybridized carbons (Fsp3) is 0.372. The van der Waals surface area contributed by atoms with Crippen LogP contribution >= 0.6 is 0 Å². The van der Waals surface area contributed by atoms with Crippen molar-refractivity contribution in [1.29, 1.82) is 0 Å². The van der Waals surface area contributed by atoms with Crippen molar-refractivity contribution < 1.29 is 34.1 Å². The Morgan fingerprint density at radius 1 is 1.00 bits per heavy atom. The Hall–Kier alpha value is -5.63. The molecule has 3 fully saturated rings. The molecule has 5 N–H and O–H groups in total. The lowest BCUT2D eigenvalue weighted by atomic mass is 9.81. The molecule has 2 aromatic heterocycles. The van der Waals surface area contributed by atoms with Gasteiger partial charge in [0, 0.05) is 37.6 Å². The van der Waals surface area contributed by atoms with Crippen LogP contribution in [0.15, 0.2) is 100 Å². The van der Waals surface area contributed by atoms with Gasteiger partial charge in [0.1, 0.15) is 23.9 Å². The SMILES string of the molecule is CCN(CCCNCC(O)c1ccc(O)c2[nH]c(=O)ccc12)C(=O)c1ccc(COc2cccc([C@H](c3ccccc3)N(C(=O)O)C3CN4CCC3CC4)c2)o1. The summed E-state index contributed by atoms with van der Waals surface area (Å²) in [6.07, 6.45) is 0.814. The minimum Gasteiger partial charge on any atom is -0.506 e. The predicted octanol–water partition coefficient (Wildman–Crippen LogP) is 5.74. The summed E-state index contributed by atoms with van der Waals surface area (Å²) in [7, 11) is 0. The van der Waals surface area contributed by atoms with E-state index in [1.807, 2.05) is 61.5 Å². The minimum atomic E-state index is -0.937. The Balaban J connectivity index is 0.943. The van der Waals surface area contributed by atoms with Crippen LogP contribution in [-0.4, -0.2) is 98.9 Å². The Kier molecular flexibility index (Phi) is 12.0. The summed E-state index contributed by atoms with van der Waals surface area (Å²) >= 11 is 0. The number of phenols is 1. The number of pyridine rings is 1. The molecule has 8 rings (SSSR count). The van der Waals surface area contributed by atoms with Gasteiger partial charge in [0.2, 0.25) is 5.56 Å². The number of amides is 2. The number of furan rings is 1. The van der Waals surface area contributed by atoms with Gasteiger partial charge in [-0.05, 0) is 105 Å². The molecule has 3 aliphatic heterocycles. The number of carboxylic acid groups (broad SMARTS) is 1. The predicted molar refractivity (Wildman–Crippen MR) is 211 cm³/mol. The maximum absolute atomic E-state index is 13.4. The molecule has 0 radical (unpaired) electrons. The number of carbonyl (C=O) groups excluding carboxylic acids is 1. The molecule has 13 heteroatoms. The number of aromatic hydroxyl groups is 1. The van der Waals surface area contributed by atoms with E-state index < -0.39 is 18.2 Å². The number of fused-ring (bicyclic) bond motifs is 4. The molecule has 3 aromatic carbocycles. The van der Waals surface area contributed by atoms with Gasteiger partial charge in [0.05, 0.1) is 23.7 Å². The van der Waals surface area contributed by atoms with Gasteiger partial charge in [-0.1, -0.05) is 48.5 Å². The second kappa shape index (κ2) is 17.4. The van der Waals surface area contributed by atoms with E-state index in [4.69, 9.17) is 9.15 Å². The van der Waals surface area contributed by atoms with Crippen molar-refractivity contribution in [2.45, 2.75) is 51.0 Å². The summed E-state index contributed by atoms with van der Waals surface area (Å²) in [5.41, 5.74) is 2.24. The summed E-state index contributed by atoms with van der Waals surface area (Å²) in [5.74, 6) is 1.27. The number of hydrogen-bond donors (Lipinski definition) is 5. The molecule has 2 amide bonds. The number of nitrogens with zero attached hydrogens (tertiary/aromatic N) is 3. The van der Waals surface area contributed by atoms with Crippen LogP contribution in [0.5, 0.6) is 11.5 Å². The Bertz CT molecular complexity index is 2180. The number of aromatic amines is 1. The van der Waals surface area contributed by atoms with Crippen molar-refractivity contribution in [2.75, 3.05) is 45.8 Å². The third-order valence-electron chi connectivity index (χ3n) is 11.1. The number of ether oxygens (including phenoxy) is 1. The van der Waals surface area contributed by atoms with Crippen LogP contribution in [0.25, 0.3) is 10.9 Å². The Morgan fingerprint density at radius 2 is 1.79 bits per heavy atom. The van der Waals surface area contributed by atoms with Gasteiger partial charge in [-0.25, -0.2) is 4.79 Å². The van der Waals surface area contributed by atoms with E-state index in [1.54, 1.807) is 34.1 Å². The minimum absolute atomic E-state index is 0.0647. The zero-order chi connectivity index (χ0) is 39.2. The van der Waals surface area contributed by atoms with E-state index in [-0.39, 0.29) is 47.7 Å². The average Bonchev–Trinajstić information content (AvgIpc) is 3.70. The molecule has 3 aliphatic rings. The summed E-state index contributed by atoms with van der Waals surface area (Å²) in [6.45, 7) is 6.49. The maximum Gasteiger partial charge on any atom is 0.408 e. The molecule has 0 saturated carbocycles. The molecular formula is C43H49N5O8. The molecule has 0 spiro atoms. The van der Waals surface area contributed by atoms with Crippen LogP contribution in [0.3, 0.4) is 0 Å². The fourth-order valence-electron chi connectivity index (χ4n) is 8.19. The van der Waals surface area contributed by atoms with Crippen molar-refractivity contribution in [2.24, 2.45) is 5.92 Å². The van der Waals surface area contributed by atoms with Crippen molar-refractivity contribution in [1.82, 2.24) is 25.0 Å². The number of rotatable bonds is 16. The Morgan fingerprint density at radius 3 is 2.52 bits per heavy atom. The van der Waals surface area contributed by atoms with Gasteiger partial charge >= 0.3 is 6.09 Å². The fourth-order valence-corrected chi connectivity index (χ4v) is 8.19. The van der Waals surface area contributed by atoms with E-state index in [1.165, 1.54) is 12.1 Å². The number of H-pyrrole nitrogens is 1. The molecule has 3 atom stereocenters. The quantitative estimate of drug-likeness (QED) is 0.0781. The van der Waals surface area contributed by atoms with Gasteiger partial charge in [-0.2, -0.15) is 0 Å². The van der Waals surface area contributed by atoms with Gasteiger partial charge in [-0.15, -0.1) is 0 Å². The molecule has 5 aromatic rings. The highest BCUT2D eigenvalue weighted by atomic mass is 16.5. The zero-order valence-corrected chi connectivity index (χ0v) is 31.5. The Labute approximate surface area is 325 Å². The number of aliphatic hydroxyl groups excluding tert-OH is 1. The van der Waals surface area contributed by atoms with E-state index in [9.17, 15) is 29.7 Å². The molecule has 3 saturated heterocycles. The van der Waals surface area contributed by atoms with Crippen LogP contribution in [0.2, 0.25) is 0 Å². The van der Waals surface area contributed by atoms with Crippen molar-refractivity contribution in [3.63, 3.8) is 0 Å². The number of phenolic OH excluding ortho intramolecular Hbond substituents is 1. The monoisotopic (exact) mass is 763 g/mol. The zero-order valence-electron chi connectivity index (χ0n) is 31.5. The van der Waals surface area contributed by atoms with E-state index in [0.29, 0.717) is 54.4 Å². The third-order valence-corrected chi connectivity index (χ3v) is 11.1.